The third-order valence-corrected chi connectivity index (χ3v) is 7.32. The summed E-state index contributed by atoms with van der Waals surface area (Å²) in [6, 6.07) is 13.7. The fourth-order valence-electron chi connectivity index (χ4n) is 3.95. The average molecular weight is 558 g/mol. The summed E-state index contributed by atoms with van der Waals surface area (Å²) < 4.78 is 58.4. The molecule has 210 valence electrons. The quantitative estimate of drug-likeness (QED) is 0.378. The molecule has 0 saturated carbocycles. The van der Waals surface area contributed by atoms with Crippen molar-refractivity contribution in [3.63, 3.8) is 0 Å². The van der Waals surface area contributed by atoms with Crippen molar-refractivity contribution in [3.8, 4) is 23.1 Å². The summed E-state index contributed by atoms with van der Waals surface area (Å²) in [5, 5.41) is 0. The van der Waals surface area contributed by atoms with Gasteiger partial charge in [-0.05, 0) is 56.0 Å². The Kier molecular flexibility index (Phi) is 8.06. The van der Waals surface area contributed by atoms with Crippen molar-refractivity contribution >= 4 is 15.8 Å². The smallest absolute Gasteiger partial charge is 0.263 e. The minimum Gasteiger partial charge on any atom is -0.493 e. The molecule has 1 N–H and O–H groups in total. The molecule has 4 rings (SSSR count). The van der Waals surface area contributed by atoms with Gasteiger partial charge in [-0.3, -0.25) is 4.72 Å². The topological polar surface area (TPSA) is 118 Å². The van der Waals surface area contributed by atoms with Crippen LogP contribution < -0.4 is 18.9 Å². The van der Waals surface area contributed by atoms with Gasteiger partial charge in [0.25, 0.3) is 15.9 Å². The molecule has 2 aromatic carbocycles. The summed E-state index contributed by atoms with van der Waals surface area (Å²) in [6.07, 6.45) is -0.351. The van der Waals surface area contributed by atoms with Crippen LogP contribution in [0.1, 0.15) is 46.0 Å². The van der Waals surface area contributed by atoms with Crippen LogP contribution in [0.2, 0.25) is 0 Å². The molecule has 0 amide bonds. The van der Waals surface area contributed by atoms with Crippen LogP contribution in [-0.4, -0.2) is 50.6 Å². The van der Waals surface area contributed by atoms with Crippen molar-refractivity contribution in [3.05, 3.63) is 59.9 Å². The Labute approximate surface area is 229 Å². The van der Waals surface area contributed by atoms with Gasteiger partial charge in [0.05, 0.1) is 18.6 Å². The van der Waals surface area contributed by atoms with Gasteiger partial charge in [0, 0.05) is 0 Å². The highest BCUT2D eigenvalue weighted by atomic mass is 32.2. The molecule has 1 aromatic heterocycles. The SMILES string of the molecule is COc1ccccc1Oc1c(NS(=O)(=O)c2ccc(C(C)(C)C)cc2)nc(C)nc1OC[C@H]1COC(C)(C)O1. The number of hydrogen-bond acceptors (Lipinski definition) is 9. The maximum Gasteiger partial charge on any atom is 0.263 e. The third-order valence-electron chi connectivity index (χ3n) is 5.96. The van der Waals surface area contributed by atoms with E-state index in [9.17, 15) is 8.42 Å². The maximum atomic E-state index is 13.4. The molecule has 0 spiro atoms. The van der Waals surface area contributed by atoms with E-state index in [0.29, 0.717) is 18.1 Å². The maximum absolute atomic E-state index is 13.4. The van der Waals surface area contributed by atoms with Gasteiger partial charge in [-0.2, -0.15) is 4.98 Å². The second-order valence-electron chi connectivity index (χ2n) is 10.6. The zero-order chi connectivity index (χ0) is 28.4. The highest BCUT2D eigenvalue weighted by Crippen LogP contribution is 2.40. The van der Waals surface area contributed by atoms with E-state index in [0.717, 1.165) is 5.56 Å². The number of ether oxygens (including phenoxy) is 5. The molecular weight excluding hydrogens is 522 g/mol. The first-order chi connectivity index (χ1) is 18.3. The Hall–Kier alpha value is -3.41. The number of aryl methyl sites for hydroxylation is 1. The molecule has 1 aliphatic heterocycles. The van der Waals surface area contributed by atoms with Gasteiger partial charge >= 0.3 is 0 Å². The fourth-order valence-corrected chi connectivity index (χ4v) is 4.95. The lowest BCUT2D eigenvalue weighted by Crippen LogP contribution is -2.25. The fraction of sp³-hybridized carbons (Fsp3) is 0.429. The molecule has 0 aliphatic carbocycles. The van der Waals surface area contributed by atoms with Crippen LogP contribution >= 0.6 is 0 Å². The number of para-hydroxylation sites is 2. The molecule has 1 saturated heterocycles. The number of anilines is 1. The molecule has 2 heterocycles. The number of benzene rings is 2. The largest absolute Gasteiger partial charge is 0.493 e. The molecule has 3 aromatic rings. The Morgan fingerprint density at radius 1 is 1.05 bits per heavy atom. The normalized spacial score (nSPS) is 17.1. The highest BCUT2D eigenvalue weighted by molar-refractivity contribution is 7.92. The standard InChI is InChI=1S/C28H35N3O7S/c1-18-29-25(31-39(32,33)21-14-12-19(13-15-21)27(2,3)4)24(37-23-11-9-8-10-22(23)34-7)26(30-18)35-16-20-17-36-28(5,6)38-20/h8-15,20H,16-17H2,1-7H3,(H,29,30,31)/t20-/m0/s1. The van der Waals surface area contributed by atoms with E-state index in [1.807, 2.05) is 13.8 Å². The van der Waals surface area contributed by atoms with E-state index in [-0.39, 0.29) is 46.3 Å². The first-order valence-electron chi connectivity index (χ1n) is 12.5. The number of nitrogens with one attached hydrogen (secondary N) is 1. The number of methoxy groups -OCH3 is 1. The molecule has 1 aliphatic rings. The van der Waals surface area contributed by atoms with Gasteiger partial charge in [-0.15, -0.1) is 0 Å². The van der Waals surface area contributed by atoms with Crippen LogP contribution in [0.4, 0.5) is 5.82 Å². The van der Waals surface area contributed by atoms with Crippen LogP contribution in [0, 0.1) is 6.92 Å². The van der Waals surface area contributed by atoms with Crippen LogP contribution in [0.15, 0.2) is 53.4 Å². The Balaban J connectivity index is 1.70. The summed E-state index contributed by atoms with van der Waals surface area (Å²) >= 11 is 0. The summed E-state index contributed by atoms with van der Waals surface area (Å²) in [7, 11) is -2.53. The van der Waals surface area contributed by atoms with Gasteiger partial charge in [-0.25, -0.2) is 13.4 Å². The van der Waals surface area contributed by atoms with Crippen molar-refractivity contribution in [1.82, 2.24) is 9.97 Å². The molecule has 11 heteroatoms. The van der Waals surface area contributed by atoms with Crippen LogP contribution in [0.25, 0.3) is 0 Å². The minimum absolute atomic E-state index is 0.0156. The first-order valence-corrected chi connectivity index (χ1v) is 14.0. The second kappa shape index (κ2) is 11.0. The molecule has 39 heavy (non-hydrogen) atoms. The zero-order valence-electron chi connectivity index (χ0n) is 23.3. The van der Waals surface area contributed by atoms with Crippen molar-refractivity contribution < 1.29 is 32.1 Å². The van der Waals surface area contributed by atoms with Crippen molar-refractivity contribution in [2.24, 2.45) is 0 Å². The summed E-state index contributed by atoms with van der Waals surface area (Å²) in [5.41, 5.74) is 0.890. The molecule has 10 nitrogen and oxygen atoms in total. The van der Waals surface area contributed by atoms with Gasteiger partial charge in [0.1, 0.15) is 18.5 Å². The van der Waals surface area contributed by atoms with Crippen molar-refractivity contribution in [2.45, 2.75) is 63.7 Å². The number of nitrogens with zero attached hydrogens (tertiary/aromatic N) is 2. The molecular formula is C28H35N3O7S. The molecule has 0 radical (unpaired) electrons. The third kappa shape index (κ3) is 6.97. The lowest BCUT2D eigenvalue weighted by molar-refractivity contribution is -0.141. The van der Waals surface area contributed by atoms with E-state index in [2.05, 4.69) is 35.5 Å². The predicted molar refractivity (Wildman–Crippen MR) is 146 cm³/mol. The van der Waals surface area contributed by atoms with E-state index < -0.39 is 15.8 Å². The van der Waals surface area contributed by atoms with Gasteiger partial charge in [0.15, 0.2) is 23.1 Å². The molecule has 0 unspecified atom stereocenters. The van der Waals surface area contributed by atoms with Gasteiger partial charge < -0.3 is 23.7 Å². The van der Waals surface area contributed by atoms with Crippen LogP contribution in [-0.2, 0) is 24.9 Å². The Bertz CT molecular complexity index is 1420. The summed E-state index contributed by atoms with van der Waals surface area (Å²) in [6.45, 7) is 11.9. The monoisotopic (exact) mass is 557 g/mol. The zero-order valence-corrected chi connectivity index (χ0v) is 24.1. The first kappa shape index (κ1) is 28.6. The molecule has 1 atom stereocenters. The predicted octanol–water partition coefficient (Wildman–Crippen LogP) is 5.21. The Morgan fingerprint density at radius 2 is 1.72 bits per heavy atom. The lowest BCUT2D eigenvalue weighted by atomic mass is 9.87. The second-order valence-corrected chi connectivity index (χ2v) is 12.3. The number of sulfonamides is 1. The van der Waals surface area contributed by atoms with Crippen LogP contribution in [0.5, 0.6) is 23.1 Å². The van der Waals surface area contributed by atoms with E-state index >= 15 is 0 Å². The van der Waals surface area contributed by atoms with E-state index in [1.165, 1.54) is 7.11 Å². The van der Waals surface area contributed by atoms with Gasteiger partial charge in [-0.1, -0.05) is 45.0 Å². The Morgan fingerprint density at radius 3 is 2.31 bits per heavy atom. The summed E-state index contributed by atoms with van der Waals surface area (Å²) in [5.74, 6) is 0.268. The van der Waals surface area contributed by atoms with E-state index in [4.69, 9.17) is 23.7 Å². The average Bonchev–Trinajstić information content (AvgIpc) is 3.22. The number of hydrogen-bond donors (Lipinski definition) is 1. The lowest BCUT2D eigenvalue weighted by Gasteiger charge is -2.20. The van der Waals surface area contributed by atoms with E-state index in [1.54, 1.807) is 55.5 Å². The number of aromatic nitrogens is 2. The summed E-state index contributed by atoms with van der Waals surface area (Å²) in [4.78, 5) is 8.83. The van der Waals surface area contributed by atoms with Gasteiger partial charge in [0.2, 0.25) is 5.75 Å². The number of rotatable bonds is 9. The molecule has 0 bridgehead atoms. The molecule has 1 fully saturated rings. The van der Waals surface area contributed by atoms with Crippen molar-refractivity contribution in [2.75, 3.05) is 25.0 Å². The van der Waals surface area contributed by atoms with Crippen LogP contribution in [0.3, 0.4) is 0 Å². The highest BCUT2D eigenvalue weighted by Gasteiger charge is 2.34. The minimum atomic E-state index is -4.04. The van der Waals surface area contributed by atoms with Crippen molar-refractivity contribution in [1.29, 1.82) is 0 Å².